The quantitative estimate of drug-likeness (QED) is 0.757. The van der Waals surface area contributed by atoms with Gasteiger partial charge in [-0.3, -0.25) is 4.79 Å². The molecule has 2 aromatic rings. The number of carbonyl (C=O) groups is 2. The number of benzene rings is 2. The molecule has 0 aliphatic carbocycles. The van der Waals surface area contributed by atoms with Crippen LogP contribution in [0, 0.1) is 0 Å². The average molecular weight is 331 g/mol. The third kappa shape index (κ3) is 3.83. The van der Waals surface area contributed by atoms with Gasteiger partial charge in [-0.25, -0.2) is 4.79 Å². The Morgan fingerprint density at radius 3 is 2.54 bits per heavy atom. The van der Waals surface area contributed by atoms with E-state index >= 15 is 0 Å². The van der Waals surface area contributed by atoms with E-state index < -0.39 is 24.5 Å². The Balaban J connectivity index is 2.39. The fraction of sp³-hybridized carbons (Fsp3) is 0.333. The van der Waals surface area contributed by atoms with Crippen LogP contribution in [0.1, 0.15) is 24.2 Å². The first-order chi connectivity index (χ1) is 11.6. The Kier molecular flexibility index (Phi) is 6.14. The van der Waals surface area contributed by atoms with Crippen LogP contribution in [0.3, 0.4) is 0 Å². The Labute approximate surface area is 140 Å². The van der Waals surface area contributed by atoms with Crippen molar-refractivity contribution >= 4 is 22.6 Å². The molecule has 2 aromatic carbocycles. The van der Waals surface area contributed by atoms with Gasteiger partial charge in [0, 0.05) is 0 Å². The third-order valence-electron chi connectivity index (χ3n) is 3.48. The van der Waals surface area contributed by atoms with E-state index in [-0.39, 0.29) is 6.61 Å². The predicted octanol–water partition coefficient (Wildman–Crippen LogP) is 1.89. The monoisotopic (exact) mass is 331 g/mol. The van der Waals surface area contributed by atoms with Gasteiger partial charge in [0.25, 0.3) is 5.91 Å². The van der Waals surface area contributed by atoms with Crippen LogP contribution in [0.25, 0.3) is 10.8 Å². The summed E-state index contributed by atoms with van der Waals surface area (Å²) in [6.07, 6.45) is 0. The molecule has 6 nitrogen and oxygen atoms in total. The minimum atomic E-state index is -1.12. The van der Waals surface area contributed by atoms with Crippen molar-refractivity contribution in [1.82, 2.24) is 5.32 Å². The zero-order chi connectivity index (χ0) is 17.5. The van der Waals surface area contributed by atoms with Crippen LogP contribution < -0.4 is 10.1 Å². The Bertz CT molecular complexity index is 728. The summed E-state index contributed by atoms with van der Waals surface area (Å²) in [4.78, 5) is 24.5. The van der Waals surface area contributed by atoms with E-state index in [0.29, 0.717) is 23.3 Å². The number of nitrogens with one attached hydrogen (secondary N) is 1. The number of amides is 1. The van der Waals surface area contributed by atoms with E-state index in [0.717, 1.165) is 5.39 Å². The van der Waals surface area contributed by atoms with E-state index in [9.17, 15) is 14.7 Å². The Morgan fingerprint density at radius 1 is 1.12 bits per heavy atom. The van der Waals surface area contributed by atoms with Crippen LogP contribution in [-0.2, 0) is 9.53 Å². The van der Waals surface area contributed by atoms with Gasteiger partial charge in [0.05, 0.1) is 25.4 Å². The lowest BCUT2D eigenvalue weighted by molar-refractivity contribution is -0.146. The SMILES string of the molecule is CCOC(=O)[C@H](CO)NC(=O)c1c(OCC)ccc2ccccc12. The number of aliphatic hydroxyl groups is 1. The number of carbonyl (C=O) groups excluding carboxylic acids is 2. The first-order valence-corrected chi connectivity index (χ1v) is 7.85. The zero-order valence-corrected chi connectivity index (χ0v) is 13.7. The highest BCUT2D eigenvalue weighted by Crippen LogP contribution is 2.28. The molecule has 0 saturated heterocycles. The van der Waals surface area contributed by atoms with Crippen molar-refractivity contribution in [3.8, 4) is 5.75 Å². The predicted molar refractivity (Wildman–Crippen MR) is 90.1 cm³/mol. The highest BCUT2D eigenvalue weighted by atomic mass is 16.5. The van der Waals surface area contributed by atoms with Gasteiger partial charge in [0.15, 0.2) is 6.04 Å². The van der Waals surface area contributed by atoms with Gasteiger partial charge in [-0.2, -0.15) is 0 Å². The summed E-state index contributed by atoms with van der Waals surface area (Å²) in [5.74, 6) is -0.747. The normalized spacial score (nSPS) is 11.8. The number of esters is 1. The topological polar surface area (TPSA) is 84.9 Å². The molecule has 0 radical (unpaired) electrons. The van der Waals surface area contributed by atoms with E-state index in [2.05, 4.69) is 5.32 Å². The molecule has 0 bridgehead atoms. The van der Waals surface area contributed by atoms with Gasteiger partial charge < -0.3 is 19.9 Å². The molecule has 0 aliphatic rings. The average Bonchev–Trinajstić information content (AvgIpc) is 2.59. The molecule has 1 amide bonds. The fourth-order valence-corrected chi connectivity index (χ4v) is 2.41. The van der Waals surface area contributed by atoms with Crippen LogP contribution in [0.5, 0.6) is 5.75 Å². The molecule has 2 rings (SSSR count). The molecular weight excluding hydrogens is 310 g/mol. The molecule has 0 saturated carbocycles. The molecule has 6 heteroatoms. The maximum Gasteiger partial charge on any atom is 0.331 e. The van der Waals surface area contributed by atoms with Crippen molar-refractivity contribution in [3.05, 3.63) is 42.0 Å². The smallest absolute Gasteiger partial charge is 0.331 e. The minimum absolute atomic E-state index is 0.170. The van der Waals surface area contributed by atoms with Crippen LogP contribution in [-0.4, -0.2) is 42.8 Å². The standard InChI is InChI=1S/C18H21NO5/c1-3-23-15-10-9-12-7-5-6-8-13(12)16(15)17(21)19-14(11-20)18(22)24-4-2/h5-10,14,20H,3-4,11H2,1-2H3,(H,19,21)/t14-/m0/s1. The van der Waals surface area contributed by atoms with Gasteiger partial charge in [0.1, 0.15) is 5.75 Å². The van der Waals surface area contributed by atoms with Crippen molar-refractivity contribution in [2.45, 2.75) is 19.9 Å². The Hall–Kier alpha value is -2.60. The lowest BCUT2D eigenvalue weighted by atomic mass is 10.0. The largest absolute Gasteiger partial charge is 0.493 e. The molecule has 0 aliphatic heterocycles. The summed E-state index contributed by atoms with van der Waals surface area (Å²) in [5.41, 5.74) is 0.331. The number of hydrogen-bond donors (Lipinski definition) is 2. The molecule has 2 N–H and O–H groups in total. The number of aliphatic hydroxyl groups excluding tert-OH is 1. The third-order valence-corrected chi connectivity index (χ3v) is 3.48. The molecule has 24 heavy (non-hydrogen) atoms. The summed E-state index contributed by atoms with van der Waals surface area (Å²) >= 11 is 0. The molecule has 128 valence electrons. The number of fused-ring (bicyclic) bond motifs is 1. The summed E-state index contributed by atoms with van der Waals surface area (Å²) in [7, 11) is 0. The molecule has 1 atom stereocenters. The molecule has 0 aromatic heterocycles. The van der Waals surface area contributed by atoms with E-state index in [4.69, 9.17) is 9.47 Å². The van der Waals surface area contributed by atoms with Gasteiger partial charge in [-0.15, -0.1) is 0 Å². The van der Waals surface area contributed by atoms with Gasteiger partial charge in [0.2, 0.25) is 0 Å². The van der Waals surface area contributed by atoms with Crippen LogP contribution in [0.2, 0.25) is 0 Å². The molecule has 0 heterocycles. The molecule has 0 unspecified atom stereocenters. The van der Waals surface area contributed by atoms with Crippen molar-refractivity contribution in [2.75, 3.05) is 19.8 Å². The van der Waals surface area contributed by atoms with Crippen molar-refractivity contribution in [3.63, 3.8) is 0 Å². The summed E-state index contributed by atoms with van der Waals surface area (Å²) in [6.45, 7) is 3.51. The first kappa shape index (κ1) is 17.7. The van der Waals surface area contributed by atoms with E-state index in [1.807, 2.05) is 37.3 Å². The molecule has 0 spiro atoms. The van der Waals surface area contributed by atoms with Crippen molar-refractivity contribution < 1.29 is 24.2 Å². The second-order valence-corrected chi connectivity index (χ2v) is 5.05. The lowest BCUT2D eigenvalue weighted by Crippen LogP contribution is -2.44. The Morgan fingerprint density at radius 2 is 1.88 bits per heavy atom. The van der Waals surface area contributed by atoms with E-state index in [1.54, 1.807) is 13.0 Å². The van der Waals surface area contributed by atoms with Crippen molar-refractivity contribution in [1.29, 1.82) is 0 Å². The summed E-state index contributed by atoms with van der Waals surface area (Å²) < 4.78 is 10.4. The number of hydrogen-bond acceptors (Lipinski definition) is 5. The maximum atomic E-state index is 12.7. The highest BCUT2D eigenvalue weighted by Gasteiger charge is 2.24. The lowest BCUT2D eigenvalue weighted by Gasteiger charge is -2.17. The molecular formula is C18H21NO5. The first-order valence-electron chi connectivity index (χ1n) is 7.85. The van der Waals surface area contributed by atoms with Gasteiger partial charge in [-0.1, -0.05) is 30.3 Å². The van der Waals surface area contributed by atoms with E-state index in [1.165, 1.54) is 0 Å². The van der Waals surface area contributed by atoms with Gasteiger partial charge >= 0.3 is 5.97 Å². The molecule has 0 fully saturated rings. The van der Waals surface area contributed by atoms with Crippen molar-refractivity contribution in [2.24, 2.45) is 0 Å². The number of rotatable bonds is 7. The number of ether oxygens (including phenoxy) is 2. The highest BCUT2D eigenvalue weighted by molar-refractivity contribution is 6.10. The fourth-order valence-electron chi connectivity index (χ4n) is 2.41. The van der Waals surface area contributed by atoms with Crippen LogP contribution >= 0.6 is 0 Å². The second-order valence-electron chi connectivity index (χ2n) is 5.05. The summed E-state index contributed by atoms with van der Waals surface area (Å²) in [5, 5.41) is 13.5. The minimum Gasteiger partial charge on any atom is -0.493 e. The maximum absolute atomic E-state index is 12.7. The second kappa shape index (κ2) is 8.31. The van der Waals surface area contributed by atoms with Gasteiger partial charge in [-0.05, 0) is 30.7 Å². The summed E-state index contributed by atoms with van der Waals surface area (Å²) in [6, 6.07) is 9.86. The zero-order valence-electron chi connectivity index (χ0n) is 13.7. The van der Waals surface area contributed by atoms with Crippen LogP contribution in [0.15, 0.2) is 36.4 Å². The van der Waals surface area contributed by atoms with Crippen LogP contribution in [0.4, 0.5) is 0 Å².